The van der Waals surface area contributed by atoms with Crippen molar-refractivity contribution in [1.29, 1.82) is 0 Å². The van der Waals surface area contributed by atoms with Gasteiger partial charge in [-0.1, -0.05) is 57.7 Å². The Hall–Kier alpha value is -2.72. The number of hydrogen-bond acceptors (Lipinski definition) is 8. The van der Waals surface area contributed by atoms with Gasteiger partial charge in [-0.25, -0.2) is 4.79 Å². The first-order valence-corrected chi connectivity index (χ1v) is 14.6. The number of carbonyl (C=O) groups excluding carboxylic acids is 2. The maximum absolute atomic E-state index is 13.5. The van der Waals surface area contributed by atoms with Crippen molar-refractivity contribution < 1.29 is 38.7 Å². The molecule has 1 heterocycles. The molecule has 0 saturated carbocycles. The van der Waals surface area contributed by atoms with Gasteiger partial charge in [0.05, 0.1) is 25.0 Å². The van der Waals surface area contributed by atoms with Crippen LogP contribution < -0.4 is 5.32 Å². The minimum Gasteiger partial charge on any atom is -0.499 e. The first-order valence-electron chi connectivity index (χ1n) is 14.6. The molecule has 9 heteroatoms. The smallest absolute Gasteiger partial charge is 0.339 e. The van der Waals surface area contributed by atoms with E-state index in [4.69, 9.17) is 24.1 Å². The number of carbonyl (C=O) groups is 2. The van der Waals surface area contributed by atoms with Crippen LogP contribution in [-0.2, 0) is 23.7 Å². The van der Waals surface area contributed by atoms with Crippen molar-refractivity contribution in [3.05, 3.63) is 53.3 Å². The molecular weight excluding hydrogens is 514 g/mol. The summed E-state index contributed by atoms with van der Waals surface area (Å²) in [6, 6.07) is 7.00. The van der Waals surface area contributed by atoms with Gasteiger partial charge in [-0.15, -0.1) is 0 Å². The standard InChI is InChI=1S/C31H45NO8/c1-3-5-9-14-31(15-10-6-4-2)39-27-22-24(29(35)32-16-17-33)21-26(28(27)40-31)38-30(36)25-12-8-7-11-23(25)13-19-37-20-18-34/h7-8,11-13,19,22,26-28,33-34H,3-6,9-10,14-18,20-21H2,1-2H3,(H,32,35)/t26-,27-,28+/m1/s1. The number of fused-ring (bicyclic) bond motifs is 1. The Labute approximate surface area is 237 Å². The lowest BCUT2D eigenvalue weighted by molar-refractivity contribution is -0.190. The number of esters is 1. The second kappa shape index (κ2) is 16.5. The molecule has 3 atom stereocenters. The highest BCUT2D eigenvalue weighted by Gasteiger charge is 2.52. The second-order valence-electron chi connectivity index (χ2n) is 10.3. The zero-order valence-electron chi connectivity index (χ0n) is 23.8. The fraction of sp³-hybridized carbons (Fsp3) is 0.613. The predicted molar refractivity (Wildman–Crippen MR) is 151 cm³/mol. The molecule has 40 heavy (non-hydrogen) atoms. The summed E-state index contributed by atoms with van der Waals surface area (Å²) >= 11 is 0. The van der Waals surface area contributed by atoms with Crippen LogP contribution in [0.3, 0.4) is 0 Å². The molecule has 9 nitrogen and oxygen atoms in total. The summed E-state index contributed by atoms with van der Waals surface area (Å²) in [4.78, 5) is 26.3. The van der Waals surface area contributed by atoms with Gasteiger partial charge >= 0.3 is 5.97 Å². The largest absolute Gasteiger partial charge is 0.499 e. The highest BCUT2D eigenvalue weighted by atomic mass is 16.8. The number of rotatable bonds is 17. The van der Waals surface area contributed by atoms with Gasteiger partial charge in [0.1, 0.15) is 24.9 Å². The zero-order chi connectivity index (χ0) is 28.8. The number of aliphatic hydroxyl groups excluding tert-OH is 2. The van der Waals surface area contributed by atoms with E-state index in [1.165, 1.54) is 6.26 Å². The fourth-order valence-corrected chi connectivity index (χ4v) is 5.15. The van der Waals surface area contributed by atoms with Gasteiger partial charge in [0.15, 0.2) is 5.79 Å². The molecule has 1 fully saturated rings. The van der Waals surface area contributed by atoms with Crippen LogP contribution in [0.25, 0.3) is 6.08 Å². The molecule has 222 valence electrons. The normalized spacial score (nSPS) is 21.6. The Morgan fingerprint density at radius 2 is 1.77 bits per heavy atom. The summed E-state index contributed by atoms with van der Waals surface area (Å²) in [6.07, 6.45) is 10.9. The Morgan fingerprint density at radius 3 is 2.45 bits per heavy atom. The van der Waals surface area contributed by atoms with E-state index in [9.17, 15) is 14.7 Å². The molecule has 3 rings (SSSR count). The van der Waals surface area contributed by atoms with Crippen LogP contribution in [0.5, 0.6) is 0 Å². The topological polar surface area (TPSA) is 124 Å². The third kappa shape index (κ3) is 8.89. The lowest BCUT2D eigenvalue weighted by Gasteiger charge is -2.31. The Morgan fingerprint density at radius 1 is 1.05 bits per heavy atom. The van der Waals surface area contributed by atoms with Crippen molar-refractivity contribution in [2.75, 3.05) is 26.4 Å². The summed E-state index contributed by atoms with van der Waals surface area (Å²) < 4.78 is 24.5. The van der Waals surface area contributed by atoms with Gasteiger partial charge in [-0.2, -0.15) is 0 Å². The Kier molecular flexibility index (Phi) is 13.1. The molecule has 1 aliphatic heterocycles. The Balaban J connectivity index is 1.85. The minimum atomic E-state index is -0.789. The maximum Gasteiger partial charge on any atom is 0.339 e. The third-order valence-electron chi connectivity index (χ3n) is 7.18. The SMILES string of the molecule is CCCCCC1(CCCCC)O[C@@H]2[C@@H](C=C(C(=O)NCCO)C[C@H]2OC(=O)c2ccccc2C=COCCO)O1. The molecular formula is C31H45NO8. The number of amides is 1. The number of nitrogens with one attached hydrogen (secondary N) is 1. The number of unbranched alkanes of at least 4 members (excludes halogenated alkanes) is 4. The number of ether oxygens (including phenoxy) is 4. The molecule has 3 N–H and O–H groups in total. The van der Waals surface area contributed by atoms with Gasteiger partial charge in [-0.05, 0) is 36.6 Å². The highest BCUT2D eigenvalue weighted by Crippen LogP contribution is 2.43. The molecule has 0 bridgehead atoms. The van der Waals surface area contributed by atoms with Crippen LogP contribution in [0.1, 0.15) is 87.6 Å². The van der Waals surface area contributed by atoms with Crippen LogP contribution >= 0.6 is 0 Å². The molecule has 0 unspecified atom stereocenters. The van der Waals surface area contributed by atoms with Crippen LogP contribution in [-0.4, -0.2) is 72.6 Å². The molecule has 0 spiro atoms. The van der Waals surface area contributed by atoms with E-state index in [1.54, 1.807) is 36.4 Å². The van der Waals surface area contributed by atoms with E-state index >= 15 is 0 Å². The van der Waals surface area contributed by atoms with E-state index < -0.39 is 30.1 Å². The molecule has 1 amide bonds. The van der Waals surface area contributed by atoms with E-state index in [2.05, 4.69) is 19.2 Å². The molecule has 1 aliphatic carbocycles. The summed E-state index contributed by atoms with van der Waals surface area (Å²) in [7, 11) is 0. The number of hydrogen-bond donors (Lipinski definition) is 3. The van der Waals surface area contributed by atoms with Gasteiger partial charge in [0.25, 0.3) is 0 Å². The average molecular weight is 560 g/mol. The number of aliphatic hydroxyl groups is 2. The maximum atomic E-state index is 13.5. The minimum absolute atomic E-state index is 0.111. The van der Waals surface area contributed by atoms with E-state index in [1.807, 2.05) is 0 Å². The van der Waals surface area contributed by atoms with Crippen molar-refractivity contribution in [1.82, 2.24) is 5.32 Å². The number of benzene rings is 1. The van der Waals surface area contributed by atoms with Crippen molar-refractivity contribution in [3.63, 3.8) is 0 Å². The van der Waals surface area contributed by atoms with Gasteiger partial charge < -0.3 is 34.5 Å². The van der Waals surface area contributed by atoms with E-state index in [0.29, 0.717) is 16.7 Å². The molecule has 1 saturated heterocycles. The van der Waals surface area contributed by atoms with Crippen molar-refractivity contribution >= 4 is 18.0 Å². The molecule has 0 radical (unpaired) electrons. The van der Waals surface area contributed by atoms with Crippen LogP contribution in [0, 0.1) is 0 Å². The van der Waals surface area contributed by atoms with E-state index in [-0.39, 0.29) is 38.7 Å². The molecule has 1 aromatic carbocycles. The van der Waals surface area contributed by atoms with Gasteiger partial charge in [-0.3, -0.25) is 4.79 Å². The molecule has 1 aromatic rings. The average Bonchev–Trinajstić information content (AvgIpc) is 3.33. The lowest BCUT2D eigenvalue weighted by Crippen LogP contribution is -2.44. The van der Waals surface area contributed by atoms with E-state index in [0.717, 1.165) is 51.4 Å². The van der Waals surface area contributed by atoms with Crippen molar-refractivity contribution in [3.8, 4) is 0 Å². The highest BCUT2D eigenvalue weighted by molar-refractivity contribution is 5.95. The van der Waals surface area contributed by atoms with Crippen LogP contribution in [0.15, 0.2) is 42.2 Å². The zero-order valence-corrected chi connectivity index (χ0v) is 23.8. The Bertz CT molecular complexity index is 997. The molecule has 2 aliphatic rings. The summed E-state index contributed by atoms with van der Waals surface area (Å²) in [6.45, 7) is 4.30. The fourth-order valence-electron chi connectivity index (χ4n) is 5.15. The summed E-state index contributed by atoms with van der Waals surface area (Å²) in [5.41, 5.74) is 1.39. The monoisotopic (exact) mass is 559 g/mol. The predicted octanol–water partition coefficient (Wildman–Crippen LogP) is 4.27. The second-order valence-corrected chi connectivity index (χ2v) is 10.3. The first-order chi connectivity index (χ1) is 19.5. The third-order valence-corrected chi connectivity index (χ3v) is 7.18. The summed E-state index contributed by atoms with van der Waals surface area (Å²) in [5, 5.41) is 20.8. The van der Waals surface area contributed by atoms with Gasteiger partial charge in [0, 0.05) is 31.4 Å². The quantitative estimate of drug-likeness (QED) is 0.147. The van der Waals surface area contributed by atoms with Crippen LogP contribution in [0.4, 0.5) is 0 Å². The summed E-state index contributed by atoms with van der Waals surface area (Å²) in [5.74, 6) is -1.65. The lowest BCUT2D eigenvalue weighted by atomic mass is 9.91. The first kappa shape index (κ1) is 31.8. The van der Waals surface area contributed by atoms with Crippen molar-refractivity contribution in [2.24, 2.45) is 0 Å². The van der Waals surface area contributed by atoms with Gasteiger partial charge in [0.2, 0.25) is 5.91 Å². The van der Waals surface area contributed by atoms with Crippen LogP contribution in [0.2, 0.25) is 0 Å². The molecule has 0 aromatic heterocycles. The van der Waals surface area contributed by atoms with Crippen molar-refractivity contribution in [2.45, 2.75) is 95.7 Å².